The highest BCUT2D eigenvalue weighted by Crippen LogP contribution is 2.28. The van der Waals surface area contributed by atoms with Crippen molar-refractivity contribution in [3.8, 4) is 17.2 Å². The zero-order chi connectivity index (χ0) is 24.2. The summed E-state index contributed by atoms with van der Waals surface area (Å²) >= 11 is 0.826. The van der Waals surface area contributed by atoms with Crippen molar-refractivity contribution in [2.75, 3.05) is 19.1 Å². The molecule has 1 heterocycles. The average Bonchev–Trinajstić information content (AvgIpc) is 2.99. The van der Waals surface area contributed by atoms with Crippen molar-refractivity contribution in [2.24, 2.45) is 0 Å². The lowest BCUT2D eigenvalue weighted by Crippen LogP contribution is -2.17. The number of hydrogen-bond donors (Lipinski definition) is 1. The Hall–Kier alpha value is -3.03. The third-order valence-electron chi connectivity index (χ3n) is 3.99. The summed E-state index contributed by atoms with van der Waals surface area (Å²) in [5.74, 6) is -0.0581. The van der Waals surface area contributed by atoms with Crippen LogP contribution in [-0.2, 0) is 31.5 Å². The van der Waals surface area contributed by atoms with Crippen molar-refractivity contribution >= 4 is 49.2 Å². The number of amides is 2. The van der Waals surface area contributed by atoms with Crippen molar-refractivity contribution in [3.05, 3.63) is 58.5 Å². The van der Waals surface area contributed by atoms with Gasteiger partial charge < -0.3 is 13.1 Å². The molecule has 10 nitrogen and oxygen atoms in total. The van der Waals surface area contributed by atoms with Crippen LogP contribution in [0.3, 0.4) is 0 Å². The van der Waals surface area contributed by atoms with E-state index in [0.717, 1.165) is 24.3 Å². The zero-order valence-corrected chi connectivity index (χ0v) is 19.9. The minimum absolute atomic E-state index is 0.0638. The third kappa shape index (κ3) is 7.80. The SMILES string of the molecule is CS(=O)(=O)Oc1ccc(CCOc2ccc(C=C3SC(=O)NC3=O)cc2)c(OS(C)(=O)=O)c1. The monoisotopic (exact) mass is 513 g/mol. The van der Waals surface area contributed by atoms with Crippen LogP contribution < -0.4 is 18.4 Å². The molecular weight excluding hydrogens is 494 g/mol. The van der Waals surface area contributed by atoms with E-state index in [0.29, 0.717) is 21.8 Å². The van der Waals surface area contributed by atoms with Crippen LogP contribution in [0.5, 0.6) is 17.2 Å². The van der Waals surface area contributed by atoms with Crippen LogP contribution in [0, 0.1) is 0 Å². The Morgan fingerprint density at radius 3 is 2.12 bits per heavy atom. The third-order valence-corrected chi connectivity index (χ3v) is 5.78. The number of benzene rings is 2. The first-order valence-electron chi connectivity index (χ1n) is 9.27. The number of thioether (sulfide) groups is 1. The molecule has 176 valence electrons. The first-order valence-corrected chi connectivity index (χ1v) is 13.7. The molecule has 0 spiro atoms. The molecule has 0 unspecified atom stereocenters. The van der Waals surface area contributed by atoms with Crippen LogP contribution in [0.4, 0.5) is 4.79 Å². The second-order valence-corrected chi connectivity index (χ2v) is 11.0. The Labute approximate surface area is 195 Å². The van der Waals surface area contributed by atoms with Crippen LogP contribution >= 0.6 is 11.8 Å². The van der Waals surface area contributed by atoms with Gasteiger partial charge in [-0.2, -0.15) is 16.8 Å². The molecule has 2 aromatic carbocycles. The lowest BCUT2D eigenvalue weighted by Gasteiger charge is -2.12. The molecule has 1 aliphatic heterocycles. The van der Waals surface area contributed by atoms with Crippen LogP contribution in [0.25, 0.3) is 6.08 Å². The van der Waals surface area contributed by atoms with Gasteiger partial charge in [0.15, 0.2) is 0 Å². The van der Waals surface area contributed by atoms with Gasteiger partial charge in [-0.15, -0.1) is 0 Å². The zero-order valence-electron chi connectivity index (χ0n) is 17.4. The van der Waals surface area contributed by atoms with Gasteiger partial charge in [0.1, 0.15) is 17.2 Å². The Morgan fingerprint density at radius 2 is 1.55 bits per heavy atom. The molecule has 1 saturated heterocycles. The molecule has 13 heteroatoms. The quantitative estimate of drug-likeness (QED) is 0.392. The van der Waals surface area contributed by atoms with Crippen molar-refractivity contribution in [3.63, 3.8) is 0 Å². The highest BCUT2D eigenvalue weighted by Gasteiger charge is 2.24. The summed E-state index contributed by atoms with van der Waals surface area (Å²) in [6, 6.07) is 10.9. The maximum atomic E-state index is 11.6. The Kier molecular flexibility index (Phi) is 7.34. The highest BCUT2D eigenvalue weighted by molar-refractivity contribution is 8.18. The molecule has 0 atom stereocenters. The standard InChI is InChI=1S/C20H19NO9S3/c1-32(24,25)29-16-8-5-14(17(12-16)30-33(2,26)27)9-10-28-15-6-3-13(4-7-15)11-18-19(22)21-20(23)31-18/h3-8,11-12H,9-10H2,1-2H3,(H,21,22,23). The second kappa shape index (κ2) is 9.85. The Morgan fingerprint density at radius 1 is 0.909 bits per heavy atom. The second-order valence-electron chi connectivity index (χ2n) is 6.86. The van der Waals surface area contributed by atoms with E-state index in [1.807, 2.05) is 0 Å². The predicted molar refractivity (Wildman–Crippen MR) is 122 cm³/mol. The molecule has 33 heavy (non-hydrogen) atoms. The molecule has 1 aliphatic rings. The first-order chi connectivity index (χ1) is 15.4. The smallest absolute Gasteiger partial charge is 0.306 e. The van der Waals surface area contributed by atoms with E-state index in [2.05, 4.69) is 5.32 Å². The fourth-order valence-corrected chi connectivity index (χ4v) is 4.34. The van der Waals surface area contributed by atoms with Crippen LogP contribution in [-0.4, -0.2) is 47.1 Å². The van der Waals surface area contributed by atoms with Gasteiger partial charge in [0.2, 0.25) is 0 Å². The maximum absolute atomic E-state index is 11.6. The molecule has 0 bridgehead atoms. The minimum atomic E-state index is -3.86. The number of hydrogen-bond acceptors (Lipinski definition) is 10. The van der Waals surface area contributed by atoms with Crippen LogP contribution in [0.2, 0.25) is 0 Å². The topological polar surface area (TPSA) is 142 Å². The molecule has 2 amide bonds. The molecule has 0 aromatic heterocycles. The molecule has 1 N–H and O–H groups in total. The van der Waals surface area contributed by atoms with Crippen molar-refractivity contribution < 1.29 is 39.5 Å². The lowest BCUT2D eigenvalue weighted by atomic mass is 10.1. The van der Waals surface area contributed by atoms with E-state index in [-0.39, 0.29) is 24.5 Å². The van der Waals surface area contributed by atoms with E-state index in [1.54, 1.807) is 30.3 Å². The predicted octanol–water partition coefficient (Wildman–Crippen LogP) is 2.31. The molecule has 1 fully saturated rings. The van der Waals surface area contributed by atoms with Crippen molar-refractivity contribution in [2.45, 2.75) is 6.42 Å². The number of carbonyl (C=O) groups is 2. The largest absolute Gasteiger partial charge is 0.493 e. The number of ether oxygens (including phenoxy) is 1. The van der Waals surface area contributed by atoms with E-state index in [1.165, 1.54) is 18.2 Å². The summed E-state index contributed by atoms with van der Waals surface area (Å²) in [7, 11) is -7.66. The van der Waals surface area contributed by atoms with Gasteiger partial charge in [0.05, 0.1) is 24.0 Å². The first kappa shape index (κ1) is 24.6. The molecule has 0 aliphatic carbocycles. The molecule has 3 rings (SSSR count). The molecular formula is C20H19NO9S3. The van der Waals surface area contributed by atoms with Gasteiger partial charge in [-0.3, -0.25) is 14.9 Å². The number of nitrogens with one attached hydrogen (secondary N) is 1. The fraction of sp³-hybridized carbons (Fsp3) is 0.200. The fourth-order valence-electron chi connectivity index (χ4n) is 2.72. The van der Waals surface area contributed by atoms with E-state index in [4.69, 9.17) is 13.1 Å². The number of carbonyl (C=O) groups excluding carboxylic acids is 2. The van der Waals surface area contributed by atoms with Gasteiger partial charge in [-0.1, -0.05) is 18.2 Å². The summed E-state index contributed by atoms with van der Waals surface area (Å²) in [6.45, 7) is 0.166. The van der Waals surface area contributed by atoms with Gasteiger partial charge in [-0.05, 0) is 47.2 Å². The van der Waals surface area contributed by atoms with Gasteiger partial charge >= 0.3 is 20.2 Å². The summed E-state index contributed by atoms with van der Waals surface area (Å²) in [6.07, 6.45) is 3.59. The maximum Gasteiger partial charge on any atom is 0.306 e. The van der Waals surface area contributed by atoms with Gasteiger partial charge in [0, 0.05) is 12.5 Å². The normalized spacial score (nSPS) is 15.4. The summed E-state index contributed by atoms with van der Waals surface area (Å²) in [4.78, 5) is 23.1. The Balaban J connectivity index is 1.66. The van der Waals surface area contributed by atoms with Crippen LogP contribution in [0.15, 0.2) is 47.4 Å². The molecule has 2 aromatic rings. The van der Waals surface area contributed by atoms with Gasteiger partial charge in [-0.25, -0.2) is 0 Å². The summed E-state index contributed by atoms with van der Waals surface area (Å²) in [5.41, 5.74) is 1.18. The van der Waals surface area contributed by atoms with Crippen LogP contribution in [0.1, 0.15) is 11.1 Å². The summed E-state index contributed by atoms with van der Waals surface area (Å²) in [5, 5.41) is 1.77. The number of imide groups is 1. The van der Waals surface area contributed by atoms with E-state index >= 15 is 0 Å². The van der Waals surface area contributed by atoms with E-state index < -0.39 is 31.4 Å². The molecule has 0 saturated carbocycles. The summed E-state index contributed by atoms with van der Waals surface area (Å²) < 4.78 is 61.2. The Bertz CT molecular complexity index is 1320. The van der Waals surface area contributed by atoms with E-state index in [9.17, 15) is 26.4 Å². The van der Waals surface area contributed by atoms with Gasteiger partial charge in [0.25, 0.3) is 11.1 Å². The number of rotatable bonds is 9. The van der Waals surface area contributed by atoms with Crippen molar-refractivity contribution in [1.82, 2.24) is 5.32 Å². The lowest BCUT2D eigenvalue weighted by molar-refractivity contribution is -0.115. The van der Waals surface area contributed by atoms with Crippen molar-refractivity contribution in [1.29, 1.82) is 0 Å². The minimum Gasteiger partial charge on any atom is -0.493 e. The molecule has 0 radical (unpaired) electrons. The highest BCUT2D eigenvalue weighted by atomic mass is 32.2. The average molecular weight is 514 g/mol.